The molecule has 164 valence electrons. The molecule has 2 aliphatic heterocycles. The third-order valence-electron chi connectivity index (χ3n) is 6.02. The van der Waals surface area contributed by atoms with Gasteiger partial charge < -0.3 is 15.1 Å². The molecule has 8 heteroatoms. The van der Waals surface area contributed by atoms with Crippen molar-refractivity contribution in [2.45, 2.75) is 32.9 Å². The van der Waals surface area contributed by atoms with Crippen molar-refractivity contribution in [2.75, 3.05) is 44.2 Å². The summed E-state index contributed by atoms with van der Waals surface area (Å²) in [5, 5.41) is 2.92. The number of amides is 2. The number of aromatic nitrogens is 2. The van der Waals surface area contributed by atoms with Gasteiger partial charge in [0, 0.05) is 52.0 Å². The van der Waals surface area contributed by atoms with Crippen LogP contribution >= 0.6 is 0 Å². The summed E-state index contributed by atoms with van der Waals surface area (Å²) in [5.74, 6) is 0.874. The lowest BCUT2D eigenvalue weighted by atomic mass is 10.1. The second-order valence-corrected chi connectivity index (χ2v) is 8.26. The number of aryl methyl sites for hydroxylation is 2. The van der Waals surface area contributed by atoms with Crippen LogP contribution in [0.25, 0.3) is 0 Å². The molecule has 2 aromatic rings. The van der Waals surface area contributed by atoms with E-state index in [4.69, 9.17) is 0 Å². The maximum atomic E-state index is 13.0. The molecule has 0 bridgehead atoms. The number of hydrogen-bond donors (Lipinski definition) is 1. The molecule has 8 nitrogen and oxygen atoms in total. The lowest BCUT2D eigenvalue weighted by molar-refractivity contribution is -0.139. The SMILES string of the molecule is Cc1cnc(C)c(N2CCN(C(=O)C[C@H]3C(=O)NCCN3Cc3ccccc3)CC2)n1. The highest BCUT2D eigenvalue weighted by Crippen LogP contribution is 2.19. The highest BCUT2D eigenvalue weighted by atomic mass is 16.2. The van der Waals surface area contributed by atoms with Crippen LogP contribution in [-0.4, -0.2) is 76.9 Å². The zero-order valence-electron chi connectivity index (χ0n) is 18.3. The zero-order valence-corrected chi connectivity index (χ0v) is 18.3. The van der Waals surface area contributed by atoms with Crippen LogP contribution in [0.5, 0.6) is 0 Å². The standard InChI is InChI=1S/C23H30N6O2/c1-17-15-25-18(2)22(26-17)28-12-10-27(11-13-28)21(30)14-20-23(31)24-8-9-29(20)16-19-6-4-3-5-7-19/h3-7,15,20H,8-14,16H2,1-2H3,(H,24,31)/t20-/m0/s1. The van der Waals surface area contributed by atoms with Crippen LogP contribution in [0.2, 0.25) is 0 Å². The van der Waals surface area contributed by atoms with E-state index >= 15 is 0 Å². The van der Waals surface area contributed by atoms with Crippen LogP contribution in [0.1, 0.15) is 23.4 Å². The Kier molecular flexibility index (Phi) is 6.46. The first-order valence-corrected chi connectivity index (χ1v) is 10.9. The molecule has 0 spiro atoms. The van der Waals surface area contributed by atoms with Gasteiger partial charge in [-0.05, 0) is 19.4 Å². The highest BCUT2D eigenvalue weighted by molar-refractivity contribution is 5.89. The Hall–Kier alpha value is -3.00. The number of carbonyl (C=O) groups is 2. The van der Waals surface area contributed by atoms with E-state index in [0.29, 0.717) is 26.2 Å². The number of piperazine rings is 2. The molecule has 1 aromatic carbocycles. The van der Waals surface area contributed by atoms with E-state index in [9.17, 15) is 9.59 Å². The first kappa shape index (κ1) is 21.2. The summed E-state index contributed by atoms with van der Waals surface area (Å²) in [5.41, 5.74) is 2.94. The molecule has 0 radical (unpaired) electrons. The van der Waals surface area contributed by atoms with Gasteiger partial charge >= 0.3 is 0 Å². The van der Waals surface area contributed by atoms with Gasteiger partial charge in [-0.3, -0.25) is 19.5 Å². The summed E-state index contributed by atoms with van der Waals surface area (Å²) < 4.78 is 0. The van der Waals surface area contributed by atoms with Gasteiger partial charge in [-0.2, -0.15) is 0 Å². The summed E-state index contributed by atoms with van der Waals surface area (Å²) >= 11 is 0. The quantitative estimate of drug-likeness (QED) is 0.778. The third kappa shape index (κ3) is 5.02. The zero-order chi connectivity index (χ0) is 21.8. The number of nitrogens with one attached hydrogen (secondary N) is 1. The van der Waals surface area contributed by atoms with Crippen molar-refractivity contribution < 1.29 is 9.59 Å². The maximum absolute atomic E-state index is 13.0. The van der Waals surface area contributed by atoms with E-state index in [-0.39, 0.29) is 18.2 Å². The van der Waals surface area contributed by atoms with Gasteiger partial charge in [-0.25, -0.2) is 4.98 Å². The summed E-state index contributed by atoms with van der Waals surface area (Å²) in [4.78, 5) is 40.8. The number of hydrogen-bond acceptors (Lipinski definition) is 6. The van der Waals surface area contributed by atoms with E-state index in [0.717, 1.165) is 42.4 Å². The van der Waals surface area contributed by atoms with Gasteiger partial charge in [0.2, 0.25) is 11.8 Å². The number of benzene rings is 1. The average molecular weight is 423 g/mol. The van der Waals surface area contributed by atoms with E-state index < -0.39 is 6.04 Å². The molecule has 1 atom stereocenters. The molecule has 2 aliphatic rings. The van der Waals surface area contributed by atoms with Crippen molar-refractivity contribution in [3.05, 3.63) is 53.5 Å². The normalized spacial score (nSPS) is 19.9. The van der Waals surface area contributed by atoms with Gasteiger partial charge in [-0.1, -0.05) is 30.3 Å². The van der Waals surface area contributed by atoms with Gasteiger partial charge in [0.25, 0.3) is 0 Å². The summed E-state index contributed by atoms with van der Waals surface area (Å²) in [6.45, 7) is 8.62. The predicted octanol–water partition coefficient (Wildman–Crippen LogP) is 1.13. The average Bonchev–Trinajstić information content (AvgIpc) is 2.78. The smallest absolute Gasteiger partial charge is 0.237 e. The molecule has 4 rings (SSSR count). The van der Waals surface area contributed by atoms with Crippen molar-refractivity contribution in [3.63, 3.8) is 0 Å². The number of carbonyl (C=O) groups excluding carboxylic acids is 2. The van der Waals surface area contributed by atoms with Crippen LogP contribution in [-0.2, 0) is 16.1 Å². The Morgan fingerprint density at radius 2 is 1.84 bits per heavy atom. The van der Waals surface area contributed by atoms with Crippen molar-refractivity contribution in [2.24, 2.45) is 0 Å². The van der Waals surface area contributed by atoms with Gasteiger partial charge in [-0.15, -0.1) is 0 Å². The topological polar surface area (TPSA) is 81.7 Å². The second kappa shape index (κ2) is 9.43. The minimum absolute atomic E-state index is 0.0341. The van der Waals surface area contributed by atoms with E-state index in [1.807, 2.05) is 36.9 Å². The molecular weight excluding hydrogens is 392 g/mol. The fourth-order valence-electron chi connectivity index (χ4n) is 4.28. The molecule has 1 aromatic heterocycles. The Morgan fingerprint density at radius 1 is 1.10 bits per heavy atom. The monoisotopic (exact) mass is 422 g/mol. The fourth-order valence-corrected chi connectivity index (χ4v) is 4.28. The largest absolute Gasteiger partial charge is 0.353 e. The maximum Gasteiger partial charge on any atom is 0.237 e. The third-order valence-corrected chi connectivity index (χ3v) is 6.02. The lowest BCUT2D eigenvalue weighted by Crippen LogP contribution is -2.57. The Balaban J connectivity index is 1.37. The van der Waals surface area contributed by atoms with Crippen LogP contribution in [0.3, 0.4) is 0 Å². The first-order valence-electron chi connectivity index (χ1n) is 10.9. The number of anilines is 1. The Bertz CT molecular complexity index is 927. The molecule has 3 heterocycles. The lowest BCUT2D eigenvalue weighted by Gasteiger charge is -2.38. The number of nitrogens with zero attached hydrogens (tertiary/aromatic N) is 5. The first-order chi connectivity index (χ1) is 15.0. The van der Waals surface area contributed by atoms with Crippen LogP contribution < -0.4 is 10.2 Å². The molecule has 1 N–H and O–H groups in total. The molecular formula is C23H30N6O2. The molecule has 2 fully saturated rings. The van der Waals surface area contributed by atoms with E-state index in [1.165, 1.54) is 0 Å². The summed E-state index contributed by atoms with van der Waals surface area (Å²) in [6, 6.07) is 9.67. The van der Waals surface area contributed by atoms with Crippen molar-refractivity contribution >= 4 is 17.6 Å². The summed E-state index contributed by atoms with van der Waals surface area (Å²) in [7, 11) is 0. The minimum atomic E-state index is -0.427. The van der Waals surface area contributed by atoms with E-state index in [1.54, 1.807) is 6.20 Å². The minimum Gasteiger partial charge on any atom is -0.353 e. The van der Waals surface area contributed by atoms with Crippen molar-refractivity contribution in [1.82, 2.24) is 25.1 Å². The highest BCUT2D eigenvalue weighted by Gasteiger charge is 2.33. The van der Waals surface area contributed by atoms with Gasteiger partial charge in [0.05, 0.1) is 23.9 Å². The Morgan fingerprint density at radius 3 is 2.58 bits per heavy atom. The molecule has 0 unspecified atom stereocenters. The van der Waals surface area contributed by atoms with Crippen molar-refractivity contribution in [3.8, 4) is 0 Å². The fraction of sp³-hybridized carbons (Fsp3) is 0.478. The van der Waals surface area contributed by atoms with E-state index in [2.05, 4.69) is 37.2 Å². The molecule has 0 aliphatic carbocycles. The molecule has 2 saturated heterocycles. The van der Waals surface area contributed by atoms with Gasteiger partial charge in [0.15, 0.2) is 0 Å². The molecule has 31 heavy (non-hydrogen) atoms. The molecule has 0 saturated carbocycles. The van der Waals surface area contributed by atoms with Crippen molar-refractivity contribution in [1.29, 1.82) is 0 Å². The second-order valence-electron chi connectivity index (χ2n) is 8.26. The van der Waals surface area contributed by atoms with Crippen LogP contribution in [0.4, 0.5) is 5.82 Å². The van der Waals surface area contributed by atoms with Crippen LogP contribution in [0, 0.1) is 13.8 Å². The Labute approximate surface area is 183 Å². The number of rotatable bonds is 5. The predicted molar refractivity (Wildman–Crippen MR) is 119 cm³/mol. The summed E-state index contributed by atoms with van der Waals surface area (Å²) in [6.07, 6.45) is 1.98. The van der Waals surface area contributed by atoms with Gasteiger partial charge in [0.1, 0.15) is 5.82 Å². The van der Waals surface area contributed by atoms with Crippen LogP contribution in [0.15, 0.2) is 36.5 Å². The molecule has 2 amide bonds.